The molecule has 2 aromatic carbocycles. The van der Waals surface area contributed by atoms with Crippen molar-refractivity contribution in [2.75, 3.05) is 7.05 Å². The Balaban J connectivity index is 1.80. The lowest BCUT2D eigenvalue weighted by atomic mass is 10.1. The summed E-state index contributed by atoms with van der Waals surface area (Å²) < 4.78 is 1.27. The van der Waals surface area contributed by atoms with Crippen molar-refractivity contribution >= 4 is 21.6 Å². The van der Waals surface area contributed by atoms with Gasteiger partial charge in [-0.1, -0.05) is 36.4 Å². The third-order valence-electron chi connectivity index (χ3n) is 3.10. The Bertz CT molecular complexity index is 638. The van der Waals surface area contributed by atoms with E-state index < -0.39 is 0 Å². The zero-order chi connectivity index (χ0) is 13.1. The Morgan fingerprint density at radius 1 is 1.00 bits per heavy atom. The summed E-state index contributed by atoms with van der Waals surface area (Å²) in [4.78, 5) is 4.67. The van der Waals surface area contributed by atoms with Crippen LogP contribution in [0.15, 0.2) is 48.5 Å². The van der Waals surface area contributed by atoms with Crippen LogP contribution < -0.4 is 5.32 Å². The molecule has 0 radical (unpaired) electrons. The van der Waals surface area contributed by atoms with E-state index in [0.717, 1.165) is 18.5 Å². The van der Waals surface area contributed by atoms with Crippen LogP contribution in [-0.4, -0.2) is 12.0 Å². The summed E-state index contributed by atoms with van der Waals surface area (Å²) in [5, 5.41) is 4.34. The Morgan fingerprint density at radius 2 is 1.74 bits per heavy atom. The highest BCUT2D eigenvalue weighted by atomic mass is 32.1. The van der Waals surface area contributed by atoms with E-state index in [-0.39, 0.29) is 0 Å². The molecular weight excluding hydrogens is 252 g/mol. The van der Waals surface area contributed by atoms with Gasteiger partial charge in [-0.05, 0) is 30.3 Å². The SMILES string of the molecule is CNCc1ccc(Cc2nc3ccccc3s2)cc1. The number of benzene rings is 2. The Hall–Kier alpha value is -1.71. The van der Waals surface area contributed by atoms with Crippen LogP contribution in [0.1, 0.15) is 16.1 Å². The fourth-order valence-corrected chi connectivity index (χ4v) is 3.15. The van der Waals surface area contributed by atoms with Gasteiger partial charge in [0.1, 0.15) is 0 Å². The van der Waals surface area contributed by atoms with Gasteiger partial charge in [-0.15, -0.1) is 11.3 Å². The van der Waals surface area contributed by atoms with Crippen LogP contribution in [0.25, 0.3) is 10.2 Å². The summed E-state index contributed by atoms with van der Waals surface area (Å²) in [5.41, 5.74) is 3.74. The average Bonchev–Trinajstić information content (AvgIpc) is 2.83. The highest BCUT2D eigenvalue weighted by Crippen LogP contribution is 2.23. The minimum absolute atomic E-state index is 0.916. The monoisotopic (exact) mass is 268 g/mol. The minimum atomic E-state index is 0.916. The molecule has 0 amide bonds. The first kappa shape index (κ1) is 12.3. The Labute approximate surface area is 117 Å². The van der Waals surface area contributed by atoms with E-state index in [1.165, 1.54) is 20.8 Å². The Morgan fingerprint density at radius 3 is 2.47 bits per heavy atom. The topological polar surface area (TPSA) is 24.9 Å². The van der Waals surface area contributed by atoms with E-state index in [1.807, 2.05) is 13.1 Å². The molecule has 0 fully saturated rings. The molecule has 96 valence electrons. The molecule has 1 N–H and O–H groups in total. The summed E-state index contributed by atoms with van der Waals surface area (Å²) in [6, 6.07) is 17.1. The summed E-state index contributed by atoms with van der Waals surface area (Å²) in [7, 11) is 1.97. The fraction of sp³-hybridized carbons (Fsp3) is 0.188. The maximum absolute atomic E-state index is 4.67. The first-order valence-corrected chi connectivity index (χ1v) is 7.23. The van der Waals surface area contributed by atoms with Gasteiger partial charge in [-0.2, -0.15) is 0 Å². The number of nitrogens with zero attached hydrogens (tertiary/aromatic N) is 1. The minimum Gasteiger partial charge on any atom is -0.316 e. The average molecular weight is 268 g/mol. The van der Waals surface area contributed by atoms with Crippen molar-refractivity contribution in [2.45, 2.75) is 13.0 Å². The number of nitrogens with one attached hydrogen (secondary N) is 1. The smallest absolute Gasteiger partial charge is 0.0982 e. The van der Waals surface area contributed by atoms with Crippen LogP contribution in [0.2, 0.25) is 0 Å². The van der Waals surface area contributed by atoms with Gasteiger partial charge in [0.25, 0.3) is 0 Å². The maximum atomic E-state index is 4.67. The number of para-hydroxylation sites is 1. The normalized spacial score (nSPS) is 11.0. The molecule has 1 heterocycles. The quantitative estimate of drug-likeness (QED) is 0.782. The molecule has 0 saturated carbocycles. The number of hydrogen-bond donors (Lipinski definition) is 1. The molecule has 0 unspecified atom stereocenters. The lowest BCUT2D eigenvalue weighted by Crippen LogP contribution is -2.04. The van der Waals surface area contributed by atoms with Gasteiger partial charge < -0.3 is 5.32 Å². The van der Waals surface area contributed by atoms with E-state index in [2.05, 4.69) is 52.8 Å². The van der Waals surface area contributed by atoms with E-state index in [1.54, 1.807) is 11.3 Å². The van der Waals surface area contributed by atoms with Gasteiger partial charge in [0, 0.05) is 13.0 Å². The molecule has 0 atom stereocenters. The van der Waals surface area contributed by atoms with Crippen LogP contribution in [0.3, 0.4) is 0 Å². The van der Waals surface area contributed by atoms with Crippen LogP contribution in [0, 0.1) is 0 Å². The fourth-order valence-electron chi connectivity index (χ4n) is 2.15. The van der Waals surface area contributed by atoms with Crippen LogP contribution in [0.4, 0.5) is 0 Å². The van der Waals surface area contributed by atoms with Gasteiger partial charge in [0.2, 0.25) is 0 Å². The molecule has 0 spiro atoms. The molecule has 0 aliphatic rings. The van der Waals surface area contributed by atoms with Crippen molar-refractivity contribution in [1.82, 2.24) is 10.3 Å². The second-order valence-corrected chi connectivity index (χ2v) is 5.71. The van der Waals surface area contributed by atoms with E-state index in [9.17, 15) is 0 Å². The predicted molar refractivity (Wildman–Crippen MR) is 81.6 cm³/mol. The van der Waals surface area contributed by atoms with Gasteiger partial charge in [-0.3, -0.25) is 0 Å². The van der Waals surface area contributed by atoms with Crippen LogP contribution in [-0.2, 0) is 13.0 Å². The molecule has 3 rings (SSSR count). The van der Waals surface area contributed by atoms with Gasteiger partial charge in [-0.25, -0.2) is 4.98 Å². The third-order valence-corrected chi connectivity index (χ3v) is 4.13. The Kier molecular flexibility index (Phi) is 3.58. The standard InChI is InChI=1S/C16H16N2S/c1-17-11-13-8-6-12(7-9-13)10-16-18-14-4-2-3-5-15(14)19-16/h2-9,17H,10-11H2,1H3. The van der Waals surface area contributed by atoms with Crippen molar-refractivity contribution in [3.63, 3.8) is 0 Å². The van der Waals surface area contributed by atoms with E-state index in [0.29, 0.717) is 0 Å². The maximum Gasteiger partial charge on any atom is 0.0982 e. The van der Waals surface area contributed by atoms with Gasteiger partial charge in [0.15, 0.2) is 0 Å². The molecule has 1 aromatic heterocycles. The largest absolute Gasteiger partial charge is 0.316 e. The van der Waals surface area contributed by atoms with Crippen molar-refractivity contribution < 1.29 is 0 Å². The predicted octanol–water partition coefficient (Wildman–Crippen LogP) is 3.61. The lowest BCUT2D eigenvalue weighted by Gasteiger charge is -2.02. The summed E-state index contributed by atoms with van der Waals surface area (Å²) in [6.07, 6.45) is 0.916. The second-order valence-electron chi connectivity index (χ2n) is 4.60. The number of hydrogen-bond acceptors (Lipinski definition) is 3. The number of aromatic nitrogens is 1. The first-order valence-electron chi connectivity index (χ1n) is 6.42. The molecule has 0 aliphatic carbocycles. The molecule has 0 saturated heterocycles. The first-order chi connectivity index (χ1) is 9.35. The van der Waals surface area contributed by atoms with Crippen LogP contribution in [0.5, 0.6) is 0 Å². The number of rotatable bonds is 4. The highest BCUT2D eigenvalue weighted by molar-refractivity contribution is 7.18. The van der Waals surface area contributed by atoms with Crippen molar-refractivity contribution in [1.29, 1.82) is 0 Å². The molecule has 2 nitrogen and oxygen atoms in total. The zero-order valence-electron chi connectivity index (χ0n) is 10.9. The van der Waals surface area contributed by atoms with E-state index in [4.69, 9.17) is 0 Å². The molecule has 0 aliphatic heterocycles. The molecule has 19 heavy (non-hydrogen) atoms. The molecule has 0 bridgehead atoms. The van der Waals surface area contributed by atoms with Crippen molar-refractivity contribution in [2.24, 2.45) is 0 Å². The number of fused-ring (bicyclic) bond motifs is 1. The number of thiazole rings is 1. The second kappa shape index (κ2) is 5.51. The van der Waals surface area contributed by atoms with Crippen molar-refractivity contribution in [3.05, 3.63) is 64.7 Å². The van der Waals surface area contributed by atoms with Gasteiger partial charge in [0.05, 0.1) is 15.2 Å². The molecular formula is C16H16N2S. The molecule has 3 heteroatoms. The molecule has 3 aromatic rings. The zero-order valence-corrected chi connectivity index (χ0v) is 11.7. The van der Waals surface area contributed by atoms with Crippen molar-refractivity contribution in [3.8, 4) is 0 Å². The summed E-state index contributed by atoms with van der Waals surface area (Å²) in [6.45, 7) is 0.918. The third kappa shape index (κ3) is 2.83. The summed E-state index contributed by atoms with van der Waals surface area (Å²) in [5.74, 6) is 0. The van der Waals surface area contributed by atoms with E-state index >= 15 is 0 Å². The highest BCUT2D eigenvalue weighted by Gasteiger charge is 2.04. The van der Waals surface area contributed by atoms with Crippen LogP contribution >= 0.6 is 11.3 Å². The van der Waals surface area contributed by atoms with Gasteiger partial charge >= 0.3 is 0 Å². The lowest BCUT2D eigenvalue weighted by molar-refractivity contribution is 0.817. The summed E-state index contributed by atoms with van der Waals surface area (Å²) >= 11 is 1.78.